The van der Waals surface area contributed by atoms with Crippen LogP contribution in [-0.2, 0) is 0 Å². The minimum Gasteiger partial charge on any atom is -0.445 e. The van der Waals surface area contributed by atoms with Crippen molar-refractivity contribution in [2.75, 3.05) is 0 Å². The minimum absolute atomic E-state index is 0. The van der Waals surface area contributed by atoms with E-state index in [0.717, 1.165) is 24.3 Å². The third-order valence-electron chi connectivity index (χ3n) is 1.52. The van der Waals surface area contributed by atoms with Gasteiger partial charge in [-0.1, -0.05) is 24.3 Å². The van der Waals surface area contributed by atoms with E-state index in [9.17, 15) is 17.7 Å². The summed E-state index contributed by atoms with van der Waals surface area (Å²) in [6.07, 6.45) is 0. The molecule has 0 saturated carbocycles. The van der Waals surface area contributed by atoms with Gasteiger partial charge in [0.25, 0.3) is 5.24 Å². The molecule has 1 nitrogen and oxygen atoms in total. The second-order valence-electron chi connectivity index (χ2n) is 2.47. The van der Waals surface area contributed by atoms with Crippen molar-refractivity contribution in [3.63, 3.8) is 0 Å². The molecule has 7 heteroatoms. The summed E-state index contributed by atoms with van der Waals surface area (Å²) >= 11 is 5.05. The Morgan fingerprint density at radius 1 is 1.14 bits per heavy atom. The van der Waals surface area contributed by atoms with Gasteiger partial charge in [-0.3, -0.25) is 4.79 Å². The Kier molecular flexibility index (Phi) is 5.94. The van der Waals surface area contributed by atoms with E-state index < -0.39 is 17.7 Å². The zero-order valence-corrected chi connectivity index (χ0v) is 11.2. The fraction of sp³-hybridized carbons (Fsp3) is 0. The van der Waals surface area contributed by atoms with Gasteiger partial charge in [0.1, 0.15) is 0 Å². The van der Waals surface area contributed by atoms with Crippen LogP contribution < -0.4 is 56.8 Å². The van der Waals surface area contributed by atoms with Crippen LogP contribution in [0.5, 0.6) is 0 Å². The van der Waals surface area contributed by atoms with Crippen molar-refractivity contribution >= 4 is 29.3 Å². The minimum atomic E-state index is -5.00. The number of benzene rings is 1. The predicted molar refractivity (Wildman–Crippen MR) is 45.3 cm³/mol. The molecule has 0 aliphatic heterocycles. The van der Waals surface area contributed by atoms with Crippen LogP contribution in [0.4, 0.5) is 12.9 Å². The van der Waals surface area contributed by atoms with Crippen molar-refractivity contribution in [1.29, 1.82) is 0 Å². The first-order chi connectivity index (χ1) is 5.91. The molecule has 0 N–H and O–H groups in total. The molecule has 0 saturated heterocycles. The number of carbonyl (C=O) groups is 1. The van der Waals surface area contributed by atoms with Crippen molar-refractivity contribution in [2.45, 2.75) is 0 Å². The molecule has 0 heterocycles. The number of hydrogen-bond acceptors (Lipinski definition) is 1. The SMILES string of the molecule is O=C(Cl)c1ccc([B-](F)(F)F)cc1.[K+]. The van der Waals surface area contributed by atoms with E-state index in [1.54, 1.807) is 0 Å². The Morgan fingerprint density at radius 2 is 1.57 bits per heavy atom. The number of carbonyl (C=O) groups excluding carboxylic acids is 1. The summed E-state index contributed by atoms with van der Waals surface area (Å²) < 4.78 is 36.2. The monoisotopic (exact) mass is 246 g/mol. The van der Waals surface area contributed by atoms with E-state index in [1.165, 1.54) is 0 Å². The summed E-state index contributed by atoms with van der Waals surface area (Å²) in [6.45, 7) is -5.00. The maximum absolute atomic E-state index is 12.1. The molecule has 0 aromatic heterocycles. The fourth-order valence-corrected chi connectivity index (χ4v) is 0.958. The first kappa shape index (κ1) is 14.7. The fourth-order valence-electron chi connectivity index (χ4n) is 0.832. The van der Waals surface area contributed by atoms with E-state index in [1.807, 2.05) is 0 Å². The van der Waals surface area contributed by atoms with Crippen LogP contribution in [0.2, 0.25) is 0 Å². The third-order valence-corrected chi connectivity index (χ3v) is 1.73. The Balaban J connectivity index is 0.00000169. The van der Waals surface area contributed by atoms with E-state index in [0.29, 0.717) is 0 Å². The second kappa shape index (κ2) is 5.67. The molecule has 0 bridgehead atoms. The first-order valence-corrected chi connectivity index (χ1v) is 3.79. The van der Waals surface area contributed by atoms with Gasteiger partial charge in [-0.2, -0.15) is 0 Å². The third kappa shape index (κ3) is 4.04. The number of hydrogen-bond donors (Lipinski definition) is 0. The smallest absolute Gasteiger partial charge is 0.445 e. The topological polar surface area (TPSA) is 17.1 Å². The molecule has 1 rings (SSSR count). The summed E-state index contributed by atoms with van der Waals surface area (Å²) in [6, 6.07) is 3.80. The van der Waals surface area contributed by atoms with E-state index in [4.69, 9.17) is 11.6 Å². The molecule has 0 aliphatic carbocycles. The molecular weight excluding hydrogens is 242 g/mol. The summed E-state index contributed by atoms with van der Waals surface area (Å²) in [5.41, 5.74) is -0.674. The van der Waals surface area contributed by atoms with Crippen LogP contribution >= 0.6 is 11.6 Å². The Labute approximate surface area is 126 Å². The average molecular weight is 246 g/mol. The van der Waals surface area contributed by atoms with Gasteiger partial charge in [-0.05, 0) is 11.6 Å². The van der Waals surface area contributed by atoms with Gasteiger partial charge in [-0.15, -0.1) is 5.46 Å². The summed E-state index contributed by atoms with van der Waals surface area (Å²) in [4.78, 5) is 10.5. The van der Waals surface area contributed by atoms with Crippen LogP contribution in [0.15, 0.2) is 24.3 Å². The summed E-state index contributed by atoms with van der Waals surface area (Å²) in [5.74, 6) is 0. The molecule has 70 valence electrons. The maximum Gasteiger partial charge on any atom is 1.00 e. The largest absolute Gasteiger partial charge is 1.00 e. The van der Waals surface area contributed by atoms with E-state index >= 15 is 0 Å². The van der Waals surface area contributed by atoms with Crippen LogP contribution in [0.3, 0.4) is 0 Å². The van der Waals surface area contributed by atoms with Crippen LogP contribution in [-0.4, -0.2) is 12.2 Å². The normalized spacial score (nSPS) is 10.6. The molecular formula is C7H4BClF3KO. The molecule has 0 unspecified atom stereocenters. The maximum atomic E-state index is 12.1. The van der Waals surface area contributed by atoms with Crippen LogP contribution in [0.1, 0.15) is 10.4 Å². The van der Waals surface area contributed by atoms with E-state index in [2.05, 4.69) is 0 Å². The van der Waals surface area contributed by atoms with Crippen molar-refractivity contribution in [3.05, 3.63) is 29.8 Å². The van der Waals surface area contributed by atoms with Gasteiger partial charge in [0.15, 0.2) is 0 Å². The van der Waals surface area contributed by atoms with E-state index in [-0.39, 0.29) is 56.9 Å². The molecule has 0 spiro atoms. The molecule has 0 aliphatic rings. The molecule has 14 heavy (non-hydrogen) atoms. The van der Waals surface area contributed by atoms with Crippen molar-refractivity contribution < 1.29 is 69.1 Å². The Morgan fingerprint density at radius 3 is 1.86 bits per heavy atom. The quantitative estimate of drug-likeness (QED) is 0.489. The van der Waals surface area contributed by atoms with Gasteiger partial charge < -0.3 is 12.9 Å². The summed E-state index contributed by atoms with van der Waals surface area (Å²) in [7, 11) is 0. The molecule has 0 atom stereocenters. The second-order valence-corrected chi connectivity index (χ2v) is 2.81. The Bertz CT molecular complexity index is 325. The van der Waals surface area contributed by atoms with Crippen molar-refractivity contribution in [1.82, 2.24) is 0 Å². The van der Waals surface area contributed by atoms with Crippen molar-refractivity contribution in [3.8, 4) is 0 Å². The zero-order chi connectivity index (χ0) is 10.1. The van der Waals surface area contributed by atoms with Gasteiger partial charge in [0.2, 0.25) is 0 Å². The van der Waals surface area contributed by atoms with Crippen LogP contribution in [0.25, 0.3) is 0 Å². The average Bonchev–Trinajstić information content (AvgIpc) is 2.03. The predicted octanol–water partition coefficient (Wildman–Crippen LogP) is -0.876. The Hall–Kier alpha value is 0.671. The standard InChI is InChI=1S/C7H4BClF3O.K/c9-7(13)5-1-3-6(4-2-5)8(10,11)12;/h1-4H;/q-1;+1. The molecule has 0 fully saturated rings. The zero-order valence-electron chi connectivity index (χ0n) is 7.31. The molecule has 1 aromatic carbocycles. The van der Waals surface area contributed by atoms with Gasteiger partial charge in [0, 0.05) is 5.56 Å². The van der Waals surface area contributed by atoms with Crippen LogP contribution in [0, 0.1) is 0 Å². The number of rotatable bonds is 2. The number of halogens is 4. The van der Waals surface area contributed by atoms with Crippen molar-refractivity contribution in [2.24, 2.45) is 0 Å². The van der Waals surface area contributed by atoms with Gasteiger partial charge >= 0.3 is 58.4 Å². The summed E-state index contributed by atoms with van der Waals surface area (Å²) in [5, 5.41) is -0.763. The van der Waals surface area contributed by atoms with Gasteiger partial charge in [-0.25, -0.2) is 0 Å². The van der Waals surface area contributed by atoms with Gasteiger partial charge in [0.05, 0.1) is 0 Å². The first-order valence-electron chi connectivity index (χ1n) is 3.41. The molecule has 0 amide bonds. The molecule has 1 aromatic rings. The molecule has 0 radical (unpaired) electrons.